The highest BCUT2D eigenvalue weighted by atomic mass is 32.2. The van der Waals surface area contributed by atoms with E-state index in [-0.39, 0.29) is 36.3 Å². The molecule has 0 aliphatic heterocycles. The highest BCUT2D eigenvalue weighted by Crippen LogP contribution is 2.16. The Morgan fingerprint density at radius 3 is 2.65 bits per heavy atom. The summed E-state index contributed by atoms with van der Waals surface area (Å²) in [7, 11) is 1.54. The Labute approximate surface area is 157 Å². The van der Waals surface area contributed by atoms with Gasteiger partial charge in [0.2, 0.25) is 5.91 Å². The number of thioether (sulfide) groups is 1. The van der Waals surface area contributed by atoms with Gasteiger partial charge >= 0.3 is 5.97 Å². The van der Waals surface area contributed by atoms with Gasteiger partial charge in [0.1, 0.15) is 0 Å². The van der Waals surface area contributed by atoms with Crippen molar-refractivity contribution < 1.29 is 19.1 Å². The van der Waals surface area contributed by atoms with E-state index in [1.54, 1.807) is 7.05 Å². The van der Waals surface area contributed by atoms with Gasteiger partial charge in [0.05, 0.1) is 24.0 Å². The molecular weight excluding hydrogens is 354 g/mol. The van der Waals surface area contributed by atoms with E-state index < -0.39 is 5.97 Å². The van der Waals surface area contributed by atoms with Crippen LogP contribution in [0.1, 0.15) is 17.5 Å². The van der Waals surface area contributed by atoms with Gasteiger partial charge in [-0.2, -0.15) is 5.26 Å². The minimum absolute atomic E-state index is 0.0184. The van der Waals surface area contributed by atoms with Gasteiger partial charge in [-0.3, -0.25) is 14.4 Å². The molecule has 1 rings (SSSR count). The lowest BCUT2D eigenvalue weighted by molar-refractivity contribution is -0.149. The van der Waals surface area contributed by atoms with Crippen molar-refractivity contribution in [2.24, 2.45) is 0 Å². The third-order valence-electron chi connectivity index (χ3n) is 3.45. The van der Waals surface area contributed by atoms with Crippen LogP contribution in [0.3, 0.4) is 0 Å². The van der Waals surface area contributed by atoms with Crippen LogP contribution in [0.25, 0.3) is 0 Å². The molecule has 0 spiro atoms. The molecular formula is C18H23N3O4S. The number of carbonyl (C=O) groups is 3. The highest BCUT2D eigenvalue weighted by molar-refractivity contribution is 8.00. The molecule has 0 atom stereocenters. The first-order chi connectivity index (χ1) is 12.3. The maximum absolute atomic E-state index is 11.9. The lowest BCUT2D eigenvalue weighted by Crippen LogP contribution is -2.32. The molecule has 0 heterocycles. The van der Waals surface area contributed by atoms with Crippen molar-refractivity contribution in [3.05, 3.63) is 29.3 Å². The predicted molar refractivity (Wildman–Crippen MR) is 101 cm³/mol. The van der Waals surface area contributed by atoms with E-state index in [9.17, 15) is 14.4 Å². The summed E-state index contributed by atoms with van der Waals surface area (Å²) in [5.74, 6) is -1.04. The Morgan fingerprint density at radius 1 is 1.27 bits per heavy atom. The van der Waals surface area contributed by atoms with Crippen LogP contribution in [0.5, 0.6) is 0 Å². The fourth-order valence-corrected chi connectivity index (χ4v) is 2.61. The summed E-state index contributed by atoms with van der Waals surface area (Å²) in [4.78, 5) is 36.5. The predicted octanol–water partition coefficient (Wildman–Crippen LogP) is 1.89. The van der Waals surface area contributed by atoms with Gasteiger partial charge in [-0.15, -0.1) is 11.8 Å². The topological polar surface area (TPSA) is 99.5 Å². The Morgan fingerprint density at radius 2 is 2.00 bits per heavy atom. The molecule has 26 heavy (non-hydrogen) atoms. The number of likely N-dealkylation sites (N-methyl/N-ethyl adjacent to an activating group) is 1. The first-order valence-electron chi connectivity index (χ1n) is 8.05. The van der Waals surface area contributed by atoms with E-state index in [0.29, 0.717) is 6.54 Å². The molecule has 8 heteroatoms. The average molecular weight is 377 g/mol. The summed E-state index contributed by atoms with van der Waals surface area (Å²) >= 11 is 1.12. The second-order valence-corrected chi connectivity index (χ2v) is 6.73. The number of rotatable bonds is 9. The van der Waals surface area contributed by atoms with Gasteiger partial charge in [0.25, 0.3) is 5.91 Å². The smallest absolute Gasteiger partial charge is 0.316 e. The molecule has 0 radical (unpaired) electrons. The third-order valence-corrected chi connectivity index (χ3v) is 4.36. The lowest BCUT2D eigenvalue weighted by atomic mass is 10.1. The number of nitrogens with zero attached hydrogens (tertiary/aromatic N) is 2. The van der Waals surface area contributed by atoms with E-state index >= 15 is 0 Å². The molecule has 0 aliphatic carbocycles. The number of nitriles is 1. The third kappa shape index (κ3) is 8.03. The number of carbonyl (C=O) groups excluding carboxylic acids is 3. The van der Waals surface area contributed by atoms with Crippen molar-refractivity contribution in [2.45, 2.75) is 20.3 Å². The number of nitrogens with one attached hydrogen (secondary N) is 1. The van der Waals surface area contributed by atoms with Gasteiger partial charge in [-0.25, -0.2) is 0 Å². The maximum Gasteiger partial charge on any atom is 0.316 e. The van der Waals surface area contributed by atoms with Crippen molar-refractivity contribution in [3.8, 4) is 6.07 Å². The molecule has 2 amide bonds. The van der Waals surface area contributed by atoms with Crippen LogP contribution in [0.2, 0.25) is 0 Å². The number of ether oxygens (including phenoxy) is 1. The highest BCUT2D eigenvalue weighted by Gasteiger charge is 2.13. The van der Waals surface area contributed by atoms with E-state index in [1.807, 2.05) is 38.1 Å². The fourth-order valence-electron chi connectivity index (χ4n) is 2.00. The zero-order valence-corrected chi connectivity index (χ0v) is 16.0. The van der Waals surface area contributed by atoms with Crippen molar-refractivity contribution in [3.63, 3.8) is 0 Å². The molecule has 7 nitrogen and oxygen atoms in total. The van der Waals surface area contributed by atoms with Crippen LogP contribution in [0.15, 0.2) is 18.2 Å². The van der Waals surface area contributed by atoms with Crippen LogP contribution < -0.4 is 5.32 Å². The summed E-state index contributed by atoms with van der Waals surface area (Å²) < 4.78 is 4.87. The number of benzene rings is 1. The first kappa shape index (κ1) is 21.5. The Kier molecular flexibility index (Phi) is 9.23. The molecule has 0 unspecified atom stereocenters. The minimum Gasteiger partial charge on any atom is -0.455 e. The number of hydrogen-bond acceptors (Lipinski definition) is 6. The number of aryl methyl sites for hydroxylation is 2. The minimum atomic E-state index is -0.559. The first-order valence-corrected chi connectivity index (χ1v) is 9.20. The van der Waals surface area contributed by atoms with E-state index in [1.165, 1.54) is 4.90 Å². The average Bonchev–Trinajstić information content (AvgIpc) is 2.60. The van der Waals surface area contributed by atoms with Crippen LogP contribution in [0, 0.1) is 25.2 Å². The van der Waals surface area contributed by atoms with Gasteiger partial charge in [0, 0.05) is 19.3 Å². The van der Waals surface area contributed by atoms with Crippen LogP contribution >= 0.6 is 11.8 Å². The summed E-state index contributed by atoms with van der Waals surface area (Å²) in [6.45, 7) is 3.82. The lowest BCUT2D eigenvalue weighted by Gasteiger charge is -2.15. The van der Waals surface area contributed by atoms with Crippen molar-refractivity contribution in [1.29, 1.82) is 5.26 Å². The van der Waals surface area contributed by atoms with Gasteiger partial charge in [0.15, 0.2) is 6.61 Å². The van der Waals surface area contributed by atoms with Gasteiger partial charge in [-0.1, -0.05) is 17.7 Å². The van der Waals surface area contributed by atoms with Gasteiger partial charge < -0.3 is 15.0 Å². The second kappa shape index (κ2) is 11.2. The quantitative estimate of drug-likeness (QED) is 0.660. The Hall–Kier alpha value is -2.53. The summed E-state index contributed by atoms with van der Waals surface area (Å²) in [5, 5.41) is 11.3. The summed E-state index contributed by atoms with van der Waals surface area (Å²) in [5.41, 5.74) is 2.84. The van der Waals surface area contributed by atoms with Crippen molar-refractivity contribution in [1.82, 2.24) is 4.90 Å². The van der Waals surface area contributed by atoms with Gasteiger partial charge in [-0.05, 0) is 25.5 Å². The number of esters is 1. The summed E-state index contributed by atoms with van der Waals surface area (Å²) in [6.07, 6.45) is 0.224. The molecule has 0 saturated heterocycles. The SMILES string of the molecule is Cc1ccc(NC(=O)CSCC(=O)OCC(=O)N(C)CCC#N)c(C)c1. The molecule has 1 aromatic carbocycles. The van der Waals surface area contributed by atoms with Crippen LogP contribution in [-0.4, -0.2) is 54.4 Å². The molecule has 0 aliphatic rings. The largest absolute Gasteiger partial charge is 0.455 e. The number of amides is 2. The zero-order chi connectivity index (χ0) is 19.5. The molecule has 140 valence electrons. The van der Waals surface area contributed by atoms with E-state index in [4.69, 9.17) is 10.00 Å². The summed E-state index contributed by atoms with van der Waals surface area (Å²) in [6, 6.07) is 7.67. The number of hydrogen-bond donors (Lipinski definition) is 1. The number of anilines is 1. The zero-order valence-electron chi connectivity index (χ0n) is 15.2. The molecule has 0 saturated carbocycles. The van der Waals surface area contributed by atoms with Crippen LogP contribution in [-0.2, 0) is 19.1 Å². The van der Waals surface area contributed by atoms with E-state index in [2.05, 4.69) is 5.32 Å². The molecule has 0 aromatic heterocycles. The Balaban J connectivity index is 2.25. The second-order valence-electron chi connectivity index (χ2n) is 5.74. The Bertz CT molecular complexity index is 700. The monoisotopic (exact) mass is 377 g/mol. The van der Waals surface area contributed by atoms with E-state index in [0.717, 1.165) is 28.6 Å². The molecule has 0 fully saturated rings. The molecule has 0 bridgehead atoms. The normalized spacial score (nSPS) is 9.92. The van der Waals surface area contributed by atoms with Crippen LogP contribution in [0.4, 0.5) is 5.69 Å². The maximum atomic E-state index is 11.9. The van der Waals surface area contributed by atoms with Crippen molar-refractivity contribution in [2.75, 3.05) is 37.0 Å². The van der Waals surface area contributed by atoms with Crippen molar-refractivity contribution >= 4 is 35.2 Å². The standard InChI is InChI=1S/C18H23N3O4S/c1-13-5-6-15(14(2)9-13)20-16(22)11-26-12-18(24)25-10-17(23)21(3)8-4-7-19/h5-6,9H,4,8,10-12H2,1-3H3,(H,20,22). The fraction of sp³-hybridized carbons (Fsp3) is 0.444. The molecule has 1 N–H and O–H groups in total. The molecule has 1 aromatic rings.